The number of ether oxygens (including phenoxy) is 1. The van der Waals surface area contributed by atoms with Crippen LogP contribution in [-0.4, -0.2) is 45.5 Å². The van der Waals surface area contributed by atoms with Crippen molar-refractivity contribution in [2.75, 3.05) is 0 Å². The van der Waals surface area contributed by atoms with E-state index in [0.29, 0.717) is 6.42 Å². The fourth-order valence-electron chi connectivity index (χ4n) is 3.77. The molecule has 3 nitrogen and oxygen atoms in total. The summed E-state index contributed by atoms with van der Waals surface area (Å²) in [5.41, 5.74) is -7.52. The molecule has 2 N–H and O–H groups in total. The minimum Gasteiger partial charge on any atom is -0.384 e. The number of hydrogen-bond donors (Lipinski definition) is 2. The molecule has 1 aliphatic heterocycles. The standard InChI is InChI=1S/C14H18F8O3/c1-9(23)7-10(13(17,18)19,8-5-3-2-4-6-8)25-12(24,11(9,15)16)14(20,21)22/h8,23-24H,2-7H2,1H3. The van der Waals surface area contributed by atoms with Gasteiger partial charge in [0.05, 0.1) is 0 Å². The molecule has 0 aromatic carbocycles. The normalized spacial score (nSPS) is 40.9. The molecule has 0 spiro atoms. The van der Waals surface area contributed by atoms with Gasteiger partial charge in [-0.05, 0) is 25.7 Å². The predicted molar refractivity (Wildman–Crippen MR) is 67.6 cm³/mol. The highest BCUT2D eigenvalue weighted by Crippen LogP contribution is 2.62. The lowest BCUT2D eigenvalue weighted by atomic mass is 9.67. The van der Waals surface area contributed by atoms with E-state index >= 15 is 0 Å². The van der Waals surface area contributed by atoms with E-state index < -0.39 is 47.6 Å². The van der Waals surface area contributed by atoms with Gasteiger partial charge in [-0.1, -0.05) is 19.3 Å². The Labute approximate surface area is 137 Å². The van der Waals surface area contributed by atoms with E-state index in [2.05, 4.69) is 4.74 Å². The Morgan fingerprint density at radius 2 is 1.36 bits per heavy atom. The Kier molecular flexibility index (Phi) is 4.67. The minimum absolute atomic E-state index is 0.148. The molecule has 0 bridgehead atoms. The average molecular weight is 386 g/mol. The van der Waals surface area contributed by atoms with Gasteiger partial charge in [-0.2, -0.15) is 35.1 Å². The second-order valence-corrected chi connectivity index (χ2v) is 6.99. The van der Waals surface area contributed by atoms with Crippen molar-refractivity contribution >= 4 is 0 Å². The summed E-state index contributed by atoms with van der Waals surface area (Å²) in [5, 5.41) is 19.4. The second kappa shape index (κ2) is 5.66. The molecular formula is C14H18F8O3. The average Bonchev–Trinajstić information content (AvgIpc) is 2.43. The van der Waals surface area contributed by atoms with Gasteiger partial charge in [0.25, 0.3) is 0 Å². The molecule has 3 unspecified atom stereocenters. The molecule has 11 heteroatoms. The zero-order chi connectivity index (χ0) is 19.5. The van der Waals surface area contributed by atoms with E-state index in [1.807, 2.05) is 0 Å². The van der Waals surface area contributed by atoms with Crippen molar-refractivity contribution in [3.05, 3.63) is 0 Å². The van der Waals surface area contributed by atoms with Crippen molar-refractivity contribution in [3.63, 3.8) is 0 Å². The van der Waals surface area contributed by atoms with Crippen LogP contribution in [0.1, 0.15) is 45.4 Å². The second-order valence-electron chi connectivity index (χ2n) is 6.99. The molecule has 1 saturated heterocycles. The van der Waals surface area contributed by atoms with Crippen LogP contribution >= 0.6 is 0 Å². The molecule has 148 valence electrons. The van der Waals surface area contributed by atoms with Gasteiger partial charge in [0.15, 0.2) is 5.60 Å². The summed E-state index contributed by atoms with van der Waals surface area (Å²) < 4.78 is 113. The fraction of sp³-hybridized carbons (Fsp3) is 1.00. The zero-order valence-electron chi connectivity index (χ0n) is 13.1. The zero-order valence-corrected chi connectivity index (χ0v) is 13.1. The van der Waals surface area contributed by atoms with Crippen LogP contribution in [0.3, 0.4) is 0 Å². The molecular weight excluding hydrogens is 368 g/mol. The maximum Gasteiger partial charge on any atom is 0.449 e. The lowest BCUT2D eigenvalue weighted by molar-refractivity contribution is -0.523. The Morgan fingerprint density at radius 3 is 1.76 bits per heavy atom. The van der Waals surface area contributed by atoms with Crippen LogP contribution in [0.4, 0.5) is 35.1 Å². The number of hydrogen-bond acceptors (Lipinski definition) is 3. The first-order valence-corrected chi connectivity index (χ1v) is 7.68. The summed E-state index contributed by atoms with van der Waals surface area (Å²) in [5.74, 6) is -12.5. The smallest absolute Gasteiger partial charge is 0.384 e. The van der Waals surface area contributed by atoms with Crippen molar-refractivity contribution in [2.24, 2.45) is 5.92 Å². The third-order valence-corrected chi connectivity index (χ3v) is 5.17. The SMILES string of the molecule is CC1(O)CC(C2CCCCC2)(C(F)(F)F)OC(O)(C(F)(F)F)C1(F)F. The van der Waals surface area contributed by atoms with Gasteiger partial charge in [0.2, 0.25) is 0 Å². The Morgan fingerprint density at radius 1 is 0.880 bits per heavy atom. The highest BCUT2D eigenvalue weighted by molar-refractivity contribution is 5.15. The van der Waals surface area contributed by atoms with Crippen molar-refractivity contribution in [1.29, 1.82) is 0 Å². The Hall–Kier alpha value is -0.680. The molecule has 2 aliphatic rings. The monoisotopic (exact) mass is 386 g/mol. The van der Waals surface area contributed by atoms with Gasteiger partial charge >= 0.3 is 24.1 Å². The first kappa shape index (κ1) is 20.6. The van der Waals surface area contributed by atoms with Gasteiger partial charge in [0, 0.05) is 6.42 Å². The highest BCUT2D eigenvalue weighted by atomic mass is 19.4. The topological polar surface area (TPSA) is 49.7 Å². The quantitative estimate of drug-likeness (QED) is 0.672. The summed E-state index contributed by atoms with van der Waals surface area (Å²) in [4.78, 5) is 0. The molecule has 0 radical (unpaired) electrons. The lowest BCUT2D eigenvalue weighted by Gasteiger charge is -2.57. The van der Waals surface area contributed by atoms with Gasteiger partial charge < -0.3 is 14.9 Å². The first-order valence-electron chi connectivity index (χ1n) is 7.68. The van der Waals surface area contributed by atoms with Crippen LogP contribution in [0.25, 0.3) is 0 Å². The van der Waals surface area contributed by atoms with Crippen molar-refractivity contribution < 1.29 is 50.1 Å². The summed E-state index contributed by atoms with van der Waals surface area (Å²) in [6.45, 7) is 0.148. The van der Waals surface area contributed by atoms with E-state index in [1.165, 1.54) is 0 Å². The van der Waals surface area contributed by atoms with Gasteiger partial charge in [-0.3, -0.25) is 0 Å². The number of aliphatic hydroxyl groups is 2. The predicted octanol–water partition coefficient (Wildman–Crippen LogP) is 3.93. The van der Waals surface area contributed by atoms with E-state index in [1.54, 1.807) is 0 Å². The molecule has 2 rings (SSSR count). The Balaban J connectivity index is 2.66. The fourth-order valence-corrected chi connectivity index (χ4v) is 3.77. The molecule has 2 fully saturated rings. The molecule has 25 heavy (non-hydrogen) atoms. The highest BCUT2D eigenvalue weighted by Gasteiger charge is 2.85. The molecule has 1 aliphatic carbocycles. The van der Waals surface area contributed by atoms with Crippen LogP contribution in [0.5, 0.6) is 0 Å². The molecule has 1 saturated carbocycles. The van der Waals surface area contributed by atoms with Crippen molar-refractivity contribution in [2.45, 2.75) is 80.7 Å². The third-order valence-electron chi connectivity index (χ3n) is 5.17. The third kappa shape index (κ3) is 2.82. The maximum atomic E-state index is 14.1. The van der Waals surface area contributed by atoms with Gasteiger partial charge in [-0.15, -0.1) is 0 Å². The van der Waals surface area contributed by atoms with Crippen LogP contribution in [0, 0.1) is 5.92 Å². The minimum atomic E-state index is -6.26. The van der Waals surface area contributed by atoms with Crippen molar-refractivity contribution in [3.8, 4) is 0 Å². The van der Waals surface area contributed by atoms with Gasteiger partial charge in [0.1, 0.15) is 5.60 Å². The van der Waals surface area contributed by atoms with E-state index in [4.69, 9.17) is 0 Å². The number of alkyl halides is 8. The van der Waals surface area contributed by atoms with Gasteiger partial charge in [-0.25, -0.2) is 0 Å². The van der Waals surface area contributed by atoms with Crippen LogP contribution in [0.15, 0.2) is 0 Å². The molecule has 0 amide bonds. The maximum absolute atomic E-state index is 14.1. The summed E-state index contributed by atoms with van der Waals surface area (Å²) in [6.07, 6.45) is -13.0. The molecule has 0 aromatic rings. The summed E-state index contributed by atoms with van der Waals surface area (Å²) in [7, 11) is 0. The molecule has 3 atom stereocenters. The first-order chi connectivity index (χ1) is 11.0. The summed E-state index contributed by atoms with van der Waals surface area (Å²) in [6, 6.07) is 0. The largest absolute Gasteiger partial charge is 0.449 e. The Bertz CT molecular complexity index is 509. The number of rotatable bonds is 1. The van der Waals surface area contributed by atoms with E-state index in [-0.39, 0.29) is 32.6 Å². The van der Waals surface area contributed by atoms with Crippen LogP contribution < -0.4 is 0 Å². The summed E-state index contributed by atoms with van der Waals surface area (Å²) >= 11 is 0. The molecule has 1 heterocycles. The lowest BCUT2D eigenvalue weighted by Crippen LogP contribution is -2.79. The van der Waals surface area contributed by atoms with Crippen LogP contribution in [-0.2, 0) is 4.74 Å². The molecule has 0 aromatic heterocycles. The van der Waals surface area contributed by atoms with E-state index in [0.717, 1.165) is 0 Å². The number of halogens is 8. The van der Waals surface area contributed by atoms with E-state index in [9.17, 15) is 45.3 Å². The van der Waals surface area contributed by atoms with Crippen molar-refractivity contribution in [1.82, 2.24) is 0 Å². The van der Waals surface area contributed by atoms with Crippen LogP contribution in [0.2, 0.25) is 0 Å².